The second-order valence-corrected chi connectivity index (χ2v) is 9.78. The lowest BCUT2D eigenvalue weighted by molar-refractivity contribution is -0.387. The summed E-state index contributed by atoms with van der Waals surface area (Å²) in [6.45, 7) is 0.909. The third kappa shape index (κ3) is 3.38. The number of para-hydroxylation sites is 1. The second-order valence-electron chi connectivity index (χ2n) is 9.78. The lowest BCUT2D eigenvalue weighted by Crippen LogP contribution is -2.64. The zero-order valence-electron chi connectivity index (χ0n) is 24.3. The fourth-order valence-electron chi connectivity index (χ4n) is 4.31. The summed E-state index contributed by atoms with van der Waals surface area (Å²) >= 11 is 0. The van der Waals surface area contributed by atoms with Gasteiger partial charge in [-0.25, -0.2) is 9.97 Å². The van der Waals surface area contributed by atoms with Crippen molar-refractivity contribution in [3.63, 3.8) is 0 Å². The molecule has 5 rings (SSSR count). The van der Waals surface area contributed by atoms with Gasteiger partial charge in [-0.1, -0.05) is 32.9 Å². The number of fused-ring (bicyclic) bond motifs is 4. The summed E-state index contributed by atoms with van der Waals surface area (Å²) in [7, 11) is 0. The summed E-state index contributed by atoms with van der Waals surface area (Å²) in [6.07, 6.45) is -3.06. The molecule has 0 bridgehead atoms. The summed E-state index contributed by atoms with van der Waals surface area (Å²) in [6, 6.07) is 7.03. The van der Waals surface area contributed by atoms with Crippen LogP contribution >= 0.6 is 0 Å². The average Bonchev–Trinajstić information content (AvgIpc) is 3.23. The molecule has 3 nitrogen and oxygen atoms in total. The highest BCUT2D eigenvalue weighted by molar-refractivity contribution is 6.08. The van der Waals surface area contributed by atoms with Gasteiger partial charge in [0.1, 0.15) is 11.3 Å². The Hall–Kier alpha value is -3.24. The van der Waals surface area contributed by atoms with E-state index >= 15 is 17.6 Å². The van der Waals surface area contributed by atoms with Gasteiger partial charge in [0.2, 0.25) is 5.71 Å². The number of furan rings is 1. The van der Waals surface area contributed by atoms with Crippen LogP contribution in [0.4, 0.5) is 35.1 Å². The van der Waals surface area contributed by atoms with Crippen LogP contribution in [0.15, 0.2) is 40.8 Å². The van der Waals surface area contributed by atoms with Crippen LogP contribution in [0.25, 0.3) is 33.3 Å². The number of hydrogen-bond donors (Lipinski definition) is 0. The topological polar surface area (TPSA) is 38.9 Å². The van der Waals surface area contributed by atoms with Gasteiger partial charge in [0.25, 0.3) is 0 Å². The number of halogens is 8. The van der Waals surface area contributed by atoms with Gasteiger partial charge >= 0.3 is 23.7 Å². The summed E-state index contributed by atoms with van der Waals surface area (Å²) in [5.41, 5.74) is -9.63. The Labute approximate surface area is 212 Å². The van der Waals surface area contributed by atoms with Gasteiger partial charge in [-0.2, -0.15) is 35.1 Å². The van der Waals surface area contributed by atoms with Crippen LogP contribution in [-0.2, 0) is 18.2 Å². The molecule has 1 aliphatic carbocycles. The van der Waals surface area contributed by atoms with Gasteiger partial charge in [-0.3, -0.25) is 0 Å². The first kappa shape index (κ1) is 19.8. The predicted octanol–water partition coefficient (Wildman–Crippen LogP) is 8.41. The summed E-state index contributed by atoms with van der Waals surface area (Å²) in [5, 5.41) is 0.451. The Morgan fingerprint density at radius 2 is 1.57 bits per heavy atom. The van der Waals surface area contributed by atoms with Crippen LogP contribution in [-0.4, -0.2) is 21.8 Å². The van der Waals surface area contributed by atoms with Crippen molar-refractivity contribution in [2.24, 2.45) is 5.41 Å². The first-order valence-corrected chi connectivity index (χ1v) is 10.8. The van der Waals surface area contributed by atoms with E-state index in [2.05, 4.69) is 9.97 Å². The molecular weight excluding hydrogens is 508 g/mol. The van der Waals surface area contributed by atoms with Crippen molar-refractivity contribution in [1.29, 1.82) is 0 Å². The minimum Gasteiger partial charge on any atom is -0.437 e. The SMILES string of the molecule is [2H]C([2H])([2H])c1ccc2c(n1)oc1c(-c3cc(C([2H])([2H])C(C)(C)C)c4c(n3)C(F)(F)C(F)(F)C(F)(F)C4(F)F)cccc12. The maximum absolute atomic E-state index is 15.2. The van der Waals surface area contributed by atoms with E-state index in [1.165, 1.54) is 51.1 Å². The quantitative estimate of drug-likeness (QED) is 0.243. The number of rotatable bonds is 2. The third-order valence-corrected chi connectivity index (χ3v) is 5.96. The number of alkyl halides is 8. The van der Waals surface area contributed by atoms with Gasteiger partial charge < -0.3 is 4.42 Å². The monoisotopic (exact) mass is 533 g/mol. The summed E-state index contributed by atoms with van der Waals surface area (Å²) < 4.78 is 164. The van der Waals surface area contributed by atoms with E-state index in [1.54, 1.807) is 0 Å². The Morgan fingerprint density at radius 1 is 0.892 bits per heavy atom. The molecule has 1 aliphatic rings. The molecule has 11 heteroatoms. The number of aryl methyl sites for hydroxylation is 1. The van der Waals surface area contributed by atoms with Gasteiger partial charge in [0.05, 0.1) is 11.3 Å². The predicted molar refractivity (Wildman–Crippen MR) is 120 cm³/mol. The number of nitrogens with zero attached hydrogens (tertiary/aromatic N) is 2. The van der Waals surface area contributed by atoms with Crippen molar-refractivity contribution in [1.82, 2.24) is 9.97 Å². The van der Waals surface area contributed by atoms with Crippen LogP contribution in [0.2, 0.25) is 0 Å². The average molecular weight is 533 g/mol. The first-order valence-electron chi connectivity index (χ1n) is 13.3. The Kier molecular flexibility index (Phi) is 3.97. The molecule has 0 saturated carbocycles. The summed E-state index contributed by atoms with van der Waals surface area (Å²) in [4.78, 5) is 7.29. The molecule has 1 aromatic carbocycles. The van der Waals surface area contributed by atoms with Crippen LogP contribution < -0.4 is 0 Å². The highest BCUT2D eigenvalue weighted by atomic mass is 19.4. The highest BCUT2D eigenvalue weighted by Crippen LogP contribution is 2.65. The molecule has 3 aromatic heterocycles. The molecule has 0 radical (unpaired) electrons. The van der Waals surface area contributed by atoms with E-state index in [0.717, 1.165) is 0 Å². The molecule has 4 aromatic rings. The maximum atomic E-state index is 15.2. The molecule has 196 valence electrons. The second kappa shape index (κ2) is 7.41. The lowest BCUT2D eigenvalue weighted by atomic mass is 9.77. The van der Waals surface area contributed by atoms with Gasteiger partial charge in [0.15, 0.2) is 0 Å². The largest absolute Gasteiger partial charge is 0.437 e. The number of hydrogen-bond acceptors (Lipinski definition) is 3. The Morgan fingerprint density at radius 3 is 2.22 bits per heavy atom. The zero-order chi connectivity index (χ0) is 31.6. The Balaban J connectivity index is 1.91. The van der Waals surface area contributed by atoms with E-state index in [-0.39, 0.29) is 33.3 Å². The van der Waals surface area contributed by atoms with E-state index in [9.17, 15) is 17.6 Å². The molecule has 0 atom stereocenters. The van der Waals surface area contributed by atoms with E-state index < -0.39 is 64.8 Å². The van der Waals surface area contributed by atoms with Crippen LogP contribution in [0.3, 0.4) is 0 Å². The van der Waals surface area contributed by atoms with Crippen LogP contribution in [0, 0.1) is 12.3 Å². The van der Waals surface area contributed by atoms with Gasteiger partial charge in [0, 0.05) is 28.9 Å². The van der Waals surface area contributed by atoms with Crippen molar-refractivity contribution in [2.75, 3.05) is 0 Å². The molecule has 0 saturated heterocycles. The van der Waals surface area contributed by atoms with Crippen molar-refractivity contribution in [3.8, 4) is 11.3 Å². The molecule has 0 unspecified atom stereocenters. The molecule has 3 heterocycles. The zero-order valence-corrected chi connectivity index (χ0v) is 19.3. The first-order chi connectivity index (χ1) is 18.9. The smallest absolute Gasteiger partial charge is 0.384 e. The maximum Gasteiger partial charge on any atom is 0.384 e. The molecular formula is C26H20F8N2O. The molecule has 0 N–H and O–H groups in total. The third-order valence-electron chi connectivity index (χ3n) is 5.96. The fraction of sp³-hybridized carbons (Fsp3) is 0.385. The van der Waals surface area contributed by atoms with Gasteiger partial charge in [-0.15, -0.1) is 0 Å². The Bertz CT molecular complexity index is 1760. The van der Waals surface area contributed by atoms with Crippen LogP contribution in [0.5, 0.6) is 0 Å². The van der Waals surface area contributed by atoms with Crippen molar-refractivity contribution >= 4 is 22.1 Å². The molecule has 0 amide bonds. The van der Waals surface area contributed by atoms with E-state index in [1.807, 2.05) is 0 Å². The highest BCUT2D eigenvalue weighted by Gasteiger charge is 2.86. The van der Waals surface area contributed by atoms with Gasteiger partial charge in [-0.05, 0) is 48.5 Å². The van der Waals surface area contributed by atoms with Crippen molar-refractivity contribution in [3.05, 3.63) is 58.9 Å². The molecule has 0 fully saturated rings. The van der Waals surface area contributed by atoms with Crippen molar-refractivity contribution < 1.29 is 46.4 Å². The van der Waals surface area contributed by atoms with E-state index in [0.29, 0.717) is 6.07 Å². The molecule has 0 aliphatic heterocycles. The standard InChI is InChI=1S/C26H20F8N2O/c1-12-8-9-15-14-6-5-7-16(19(14)37-21(15)35-12)17-10-13(11-22(2,3)4)18-20(36-17)24(29,30)26(33,34)25(31,32)23(18,27)28/h5-10H,11H2,1-4H3/i1D3,11D2. The molecule has 0 spiro atoms. The number of aromatic nitrogens is 2. The van der Waals surface area contributed by atoms with Crippen molar-refractivity contribution in [2.45, 2.75) is 57.7 Å². The number of benzene rings is 1. The fourth-order valence-corrected chi connectivity index (χ4v) is 4.31. The normalized spacial score (nSPS) is 22.5. The summed E-state index contributed by atoms with van der Waals surface area (Å²) in [5.74, 6) is -25.1. The van der Waals surface area contributed by atoms with Crippen LogP contribution in [0.1, 0.15) is 50.1 Å². The minimum absolute atomic E-state index is 0.208. The number of pyridine rings is 2. The molecule has 37 heavy (non-hydrogen) atoms. The minimum atomic E-state index is -6.60. The lowest BCUT2D eigenvalue weighted by Gasteiger charge is -2.43. The van der Waals surface area contributed by atoms with E-state index in [4.69, 9.17) is 11.3 Å².